The van der Waals surface area contributed by atoms with Crippen molar-refractivity contribution in [3.05, 3.63) is 17.5 Å². The number of rotatable bonds is 3. The average Bonchev–Trinajstić information content (AvgIpc) is 2.68. The summed E-state index contributed by atoms with van der Waals surface area (Å²) in [6.07, 6.45) is 1.11. The van der Waals surface area contributed by atoms with Gasteiger partial charge in [-0.15, -0.1) is 0 Å². The van der Waals surface area contributed by atoms with E-state index < -0.39 is 10.8 Å². The van der Waals surface area contributed by atoms with Crippen LogP contribution in [0.2, 0.25) is 0 Å². The molecule has 0 saturated carbocycles. The standard InChI is InChI=1S/C11H17N3OS/c1-8-5-9(2)14-11(13-8)16(15)7-10-3-4-12-6-10/h5,10,12H,3-4,6-7H2,1-2H3/t10-,16-/m0/s1. The molecule has 1 N–H and O–H groups in total. The smallest absolute Gasteiger partial charge is 0.218 e. The van der Waals surface area contributed by atoms with Gasteiger partial charge >= 0.3 is 0 Å². The number of nitrogens with zero attached hydrogens (tertiary/aromatic N) is 2. The Bertz CT molecular complexity index is 382. The average molecular weight is 239 g/mol. The Kier molecular flexibility index (Phi) is 3.66. The van der Waals surface area contributed by atoms with E-state index in [4.69, 9.17) is 0 Å². The molecular weight excluding hydrogens is 222 g/mol. The molecule has 88 valence electrons. The van der Waals surface area contributed by atoms with E-state index in [0.29, 0.717) is 16.8 Å². The molecule has 16 heavy (non-hydrogen) atoms. The molecule has 5 heteroatoms. The topological polar surface area (TPSA) is 54.9 Å². The molecule has 1 fully saturated rings. The van der Waals surface area contributed by atoms with Gasteiger partial charge < -0.3 is 5.32 Å². The second kappa shape index (κ2) is 5.01. The van der Waals surface area contributed by atoms with Crippen LogP contribution in [-0.4, -0.2) is 33.0 Å². The predicted molar refractivity (Wildman–Crippen MR) is 63.8 cm³/mol. The van der Waals surface area contributed by atoms with Crippen molar-refractivity contribution in [3.63, 3.8) is 0 Å². The van der Waals surface area contributed by atoms with E-state index in [-0.39, 0.29) is 0 Å². The summed E-state index contributed by atoms with van der Waals surface area (Å²) in [7, 11) is -1.06. The number of hydrogen-bond donors (Lipinski definition) is 1. The van der Waals surface area contributed by atoms with Crippen molar-refractivity contribution in [3.8, 4) is 0 Å². The second-order valence-electron chi connectivity index (χ2n) is 4.30. The molecule has 2 atom stereocenters. The van der Waals surface area contributed by atoms with Gasteiger partial charge in [0.15, 0.2) is 0 Å². The first-order valence-corrected chi connectivity index (χ1v) is 6.88. The highest BCUT2D eigenvalue weighted by molar-refractivity contribution is 7.84. The van der Waals surface area contributed by atoms with Gasteiger partial charge in [-0.3, -0.25) is 4.21 Å². The Labute approximate surface area is 98.3 Å². The Morgan fingerprint density at radius 1 is 1.44 bits per heavy atom. The van der Waals surface area contributed by atoms with E-state index in [1.54, 1.807) is 0 Å². The molecule has 0 spiro atoms. The van der Waals surface area contributed by atoms with Crippen LogP contribution in [0.15, 0.2) is 11.2 Å². The second-order valence-corrected chi connectivity index (χ2v) is 5.69. The van der Waals surface area contributed by atoms with Crippen molar-refractivity contribution in [1.29, 1.82) is 0 Å². The van der Waals surface area contributed by atoms with Crippen molar-refractivity contribution in [2.75, 3.05) is 18.8 Å². The molecule has 2 heterocycles. The summed E-state index contributed by atoms with van der Waals surface area (Å²) in [6.45, 7) is 5.82. The first kappa shape index (κ1) is 11.7. The number of hydrogen-bond acceptors (Lipinski definition) is 4. The Balaban J connectivity index is 2.07. The summed E-state index contributed by atoms with van der Waals surface area (Å²) in [5.74, 6) is 1.18. The molecule has 0 bridgehead atoms. The number of aromatic nitrogens is 2. The fourth-order valence-electron chi connectivity index (χ4n) is 1.94. The van der Waals surface area contributed by atoms with Crippen molar-refractivity contribution < 1.29 is 4.21 Å². The lowest BCUT2D eigenvalue weighted by Gasteiger charge is -2.07. The van der Waals surface area contributed by atoms with Crippen LogP contribution < -0.4 is 5.32 Å². The third-order valence-electron chi connectivity index (χ3n) is 2.71. The fourth-order valence-corrected chi connectivity index (χ4v) is 3.29. The van der Waals surface area contributed by atoms with Gasteiger partial charge in [-0.05, 0) is 45.3 Å². The summed E-state index contributed by atoms with van der Waals surface area (Å²) in [5, 5.41) is 3.77. The summed E-state index contributed by atoms with van der Waals surface area (Å²) < 4.78 is 12.1. The molecule has 0 amide bonds. The van der Waals surface area contributed by atoms with Gasteiger partial charge in [-0.2, -0.15) is 0 Å². The molecule has 0 aromatic carbocycles. The van der Waals surface area contributed by atoms with E-state index in [1.807, 2.05) is 19.9 Å². The maximum atomic E-state index is 12.1. The van der Waals surface area contributed by atoms with Crippen LogP contribution in [-0.2, 0) is 10.8 Å². The molecule has 2 rings (SSSR count). The van der Waals surface area contributed by atoms with Crippen LogP contribution in [0.25, 0.3) is 0 Å². The highest BCUT2D eigenvalue weighted by atomic mass is 32.2. The minimum absolute atomic E-state index is 0.490. The predicted octanol–water partition coefficient (Wildman–Crippen LogP) is 0.811. The minimum Gasteiger partial charge on any atom is -0.316 e. The van der Waals surface area contributed by atoms with Crippen LogP contribution >= 0.6 is 0 Å². The molecule has 0 aliphatic carbocycles. The molecule has 1 aromatic heterocycles. The maximum Gasteiger partial charge on any atom is 0.218 e. The summed E-state index contributed by atoms with van der Waals surface area (Å²) in [4.78, 5) is 8.49. The van der Waals surface area contributed by atoms with Gasteiger partial charge in [0, 0.05) is 17.1 Å². The zero-order chi connectivity index (χ0) is 11.5. The van der Waals surface area contributed by atoms with Gasteiger partial charge in [0.1, 0.15) is 0 Å². The quantitative estimate of drug-likeness (QED) is 0.793. The highest BCUT2D eigenvalue weighted by Crippen LogP contribution is 2.12. The lowest BCUT2D eigenvalue weighted by molar-refractivity contribution is 0.627. The van der Waals surface area contributed by atoms with Crippen LogP contribution in [0.1, 0.15) is 17.8 Å². The van der Waals surface area contributed by atoms with Crippen LogP contribution in [0.4, 0.5) is 0 Å². The maximum absolute atomic E-state index is 12.1. The summed E-state index contributed by atoms with van der Waals surface area (Å²) >= 11 is 0. The largest absolute Gasteiger partial charge is 0.316 e. The number of nitrogens with one attached hydrogen (secondary N) is 1. The SMILES string of the molecule is Cc1cc(C)nc([S@@](=O)C[C@H]2CCNC2)n1. The zero-order valence-corrected chi connectivity index (χ0v) is 10.5. The lowest BCUT2D eigenvalue weighted by atomic mass is 10.2. The monoisotopic (exact) mass is 239 g/mol. The van der Waals surface area contributed by atoms with Gasteiger partial charge in [0.2, 0.25) is 5.16 Å². The van der Waals surface area contributed by atoms with Crippen LogP contribution in [0.5, 0.6) is 0 Å². The fraction of sp³-hybridized carbons (Fsp3) is 0.636. The van der Waals surface area contributed by atoms with E-state index >= 15 is 0 Å². The minimum atomic E-state index is -1.06. The molecule has 1 saturated heterocycles. The molecule has 0 radical (unpaired) electrons. The van der Waals surface area contributed by atoms with Crippen LogP contribution in [0, 0.1) is 19.8 Å². The van der Waals surface area contributed by atoms with Gasteiger partial charge in [-0.1, -0.05) is 0 Å². The normalized spacial score (nSPS) is 22.2. The summed E-state index contributed by atoms with van der Waals surface area (Å²) in [6, 6.07) is 1.90. The molecule has 1 aliphatic rings. The van der Waals surface area contributed by atoms with E-state index in [2.05, 4.69) is 15.3 Å². The van der Waals surface area contributed by atoms with Gasteiger partial charge in [-0.25, -0.2) is 9.97 Å². The molecule has 0 unspecified atom stereocenters. The van der Waals surface area contributed by atoms with E-state index in [1.165, 1.54) is 0 Å². The Morgan fingerprint density at radius 3 is 2.69 bits per heavy atom. The highest BCUT2D eigenvalue weighted by Gasteiger charge is 2.19. The summed E-state index contributed by atoms with van der Waals surface area (Å²) in [5.41, 5.74) is 1.78. The van der Waals surface area contributed by atoms with Crippen LogP contribution in [0.3, 0.4) is 0 Å². The first-order chi connectivity index (χ1) is 7.65. The van der Waals surface area contributed by atoms with Crippen molar-refractivity contribution in [1.82, 2.24) is 15.3 Å². The van der Waals surface area contributed by atoms with Crippen molar-refractivity contribution in [2.45, 2.75) is 25.4 Å². The van der Waals surface area contributed by atoms with Crippen molar-refractivity contribution in [2.24, 2.45) is 5.92 Å². The van der Waals surface area contributed by atoms with Gasteiger partial charge in [0.05, 0.1) is 10.8 Å². The molecule has 1 aromatic rings. The molecule has 4 nitrogen and oxygen atoms in total. The van der Waals surface area contributed by atoms with Gasteiger partial charge in [0.25, 0.3) is 0 Å². The zero-order valence-electron chi connectivity index (χ0n) is 9.69. The van der Waals surface area contributed by atoms with E-state index in [0.717, 1.165) is 30.9 Å². The Morgan fingerprint density at radius 2 is 2.12 bits per heavy atom. The number of aryl methyl sites for hydroxylation is 2. The Hall–Kier alpha value is -0.810. The van der Waals surface area contributed by atoms with Crippen molar-refractivity contribution >= 4 is 10.8 Å². The third kappa shape index (κ3) is 2.86. The first-order valence-electron chi connectivity index (χ1n) is 5.56. The third-order valence-corrected chi connectivity index (χ3v) is 4.08. The lowest BCUT2D eigenvalue weighted by Crippen LogP contribution is -2.16. The van der Waals surface area contributed by atoms with E-state index in [9.17, 15) is 4.21 Å². The molecular formula is C11H17N3OS. The molecule has 1 aliphatic heterocycles.